The van der Waals surface area contributed by atoms with E-state index in [2.05, 4.69) is 5.32 Å². The van der Waals surface area contributed by atoms with Crippen molar-refractivity contribution in [3.05, 3.63) is 0 Å². The van der Waals surface area contributed by atoms with Crippen LogP contribution in [0.2, 0.25) is 0 Å². The molecule has 1 N–H and O–H groups in total. The normalized spacial score (nSPS) is 15.9. The van der Waals surface area contributed by atoms with E-state index in [9.17, 15) is 4.79 Å². The lowest BCUT2D eigenvalue weighted by Crippen LogP contribution is -2.27. The van der Waals surface area contributed by atoms with Crippen molar-refractivity contribution in [3.63, 3.8) is 0 Å². The standard InChI is InChI=1S/C5H10N2O/c1-2-6-5(8)7-3-4-7/h2-4H2,1H3,(H,6,8). The van der Waals surface area contributed by atoms with Crippen LogP contribution in [0.1, 0.15) is 6.92 Å². The third-order valence-corrected chi connectivity index (χ3v) is 1.06. The monoisotopic (exact) mass is 114 g/mol. The summed E-state index contributed by atoms with van der Waals surface area (Å²) in [4.78, 5) is 12.4. The first kappa shape index (κ1) is 5.41. The zero-order chi connectivity index (χ0) is 5.98. The molecular formula is C5H10N2O. The summed E-state index contributed by atoms with van der Waals surface area (Å²) >= 11 is 0. The number of nitrogens with zero attached hydrogens (tertiary/aromatic N) is 1. The van der Waals surface area contributed by atoms with E-state index >= 15 is 0 Å². The van der Waals surface area contributed by atoms with Gasteiger partial charge in [0.2, 0.25) is 0 Å². The highest BCUT2D eigenvalue weighted by Gasteiger charge is 2.22. The third-order valence-electron chi connectivity index (χ3n) is 1.06. The summed E-state index contributed by atoms with van der Waals surface area (Å²) in [6.07, 6.45) is 0. The largest absolute Gasteiger partial charge is 0.338 e. The van der Waals surface area contributed by atoms with Crippen LogP contribution in [-0.2, 0) is 0 Å². The molecule has 0 aromatic heterocycles. The molecule has 1 rings (SSSR count). The first-order chi connectivity index (χ1) is 3.84. The molecule has 0 saturated carbocycles. The van der Waals surface area contributed by atoms with Crippen LogP contribution in [0.3, 0.4) is 0 Å². The van der Waals surface area contributed by atoms with Gasteiger partial charge in [0.1, 0.15) is 0 Å². The molecule has 0 aliphatic carbocycles. The Bertz CT molecular complexity index is 98.6. The van der Waals surface area contributed by atoms with Gasteiger partial charge in [-0.25, -0.2) is 4.79 Å². The molecule has 46 valence electrons. The number of urea groups is 1. The molecule has 0 aromatic carbocycles. The minimum Gasteiger partial charge on any atom is -0.338 e. The molecule has 0 radical (unpaired) electrons. The highest BCUT2D eigenvalue weighted by molar-refractivity contribution is 5.76. The van der Waals surface area contributed by atoms with Gasteiger partial charge in [0.25, 0.3) is 0 Å². The Kier molecular flexibility index (Phi) is 1.37. The molecule has 3 heteroatoms. The number of carbonyl (C=O) groups excluding carboxylic acids is 1. The van der Waals surface area contributed by atoms with E-state index in [4.69, 9.17) is 0 Å². The Morgan fingerprint density at radius 2 is 2.38 bits per heavy atom. The molecule has 0 unspecified atom stereocenters. The van der Waals surface area contributed by atoms with E-state index in [0.29, 0.717) is 0 Å². The van der Waals surface area contributed by atoms with Gasteiger partial charge in [-0.2, -0.15) is 0 Å². The lowest BCUT2D eigenvalue weighted by atomic mass is 10.7. The van der Waals surface area contributed by atoms with Crippen LogP contribution in [0.5, 0.6) is 0 Å². The maximum Gasteiger partial charge on any atom is 0.317 e. The molecule has 2 amide bonds. The van der Waals surface area contributed by atoms with Gasteiger partial charge in [0.15, 0.2) is 0 Å². The highest BCUT2D eigenvalue weighted by Crippen LogP contribution is 2.01. The maximum absolute atomic E-state index is 10.6. The van der Waals surface area contributed by atoms with Crippen LogP contribution in [-0.4, -0.2) is 30.6 Å². The van der Waals surface area contributed by atoms with E-state index in [-0.39, 0.29) is 6.03 Å². The molecular weight excluding hydrogens is 104 g/mol. The summed E-state index contributed by atoms with van der Waals surface area (Å²) in [5, 5.41) is 2.69. The van der Waals surface area contributed by atoms with Gasteiger partial charge >= 0.3 is 6.03 Å². The zero-order valence-corrected chi connectivity index (χ0v) is 4.98. The van der Waals surface area contributed by atoms with Gasteiger partial charge in [-0.1, -0.05) is 0 Å². The van der Waals surface area contributed by atoms with Crippen molar-refractivity contribution in [1.82, 2.24) is 10.2 Å². The minimum atomic E-state index is 0.0764. The van der Waals surface area contributed by atoms with Crippen molar-refractivity contribution in [1.29, 1.82) is 0 Å². The Labute approximate surface area is 48.7 Å². The summed E-state index contributed by atoms with van der Waals surface area (Å²) in [7, 11) is 0. The summed E-state index contributed by atoms with van der Waals surface area (Å²) < 4.78 is 0. The van der Waals surface area contributed by atoms with Crippen LogP contribution >= 0.6 is 0 Å². The van der Waals surface area contributed by atoms with Gasteiger partial charge in [-0.05, 0) is 6.92 Å². The van der Waals surface area contributed by atoms with E-state index in [1.54, 1.807) is 4.90 Å². The van der Waals surface area contributed by atoms with Gasteiger partial charge < -0.3 is 10.2 Å². The molecule has 0 aromatic rings. The molecule has 0 spiro atoms. The second-order valence-electron chi connectivity index (χ2n) is 1.82. The Morgan fingerprint density at radius 3 is 2.75 bits per heavy atom. The SMILES string of the molecule is CCNC(=O)N1CC1. The molecule has 0 atom stereocenters. The summed E-state index contributed by atoms with van der Waals surface area (Å²) in [6, 6.07) is 0.0764. The van der Waals surface area contributed by atoms with Crippen molar-refractivity contribution in [3.8, 4) is 0 Å². The van der Waals surface area contributed by atoms with Crippen molar-refractivity contribution < 1.29 is 4.79 Å². The molecule has 3 nitrogen and oxygen atoms in total. The lowest BCUT2D eigenvalue weighted by molar-refractivity contribution is 0.230. The van der Waals surface area contributed by atoms with Crippen LogP contribution in [0.25, 0.3) is 0 Å². The maximum atomic E-state index is 10.6. The number of rotatable bonds is 1. The molecule has 1 heterocycles. The third kappa shape index (κ3) is 1.12. The predicted molar refractivity (Wildman–Crippen MR) is 30.6 cm³/mol. The molecule has 8 heavy (non-hydrogen) atoms. The average molecular weight is 114 g/mol. The first-order valence-corrected chi connectivity index (χ1v) is 2.87. The zero-order valence-electron chi connectivity index (χ0n) is 4.98. The second-order valence-corrected chi connectivity index (χ2v) is 1.82. The van der Waals surface area contributed by atoms with Crippen LogP contribution in [0.4, 0.5) is 4.79 Å². The van der Waals surface area contributed by atoms with E-state index in [1.165, 1.54) is 0 Å². The fraction of sp³-hybridized carbons (Fsp3) is 0.800. The summed E-state index contributed by atoms with van der Waals surface area (Å²) in [5.74, 6) is 0. The van der Waals surface area contributed by atoms with Gasteiger partial charge in [-0.15, -0.1) is 0 Å². The lowest BCUT2D eigenvalue weighted by Gasteiger charge is -1.99. The Hall–Kier alpha value is -0.730. The Balaban J connectivity index is 2.13. The number of carbonyl (C=O) groups is 1. The number of nitrogens with one attached hydrogen (secondary N) is 1. The first-order valence-electron chi connectivity index (χ1n) is 2.87. The van der Waals surface area contributed by atoms with E-state index in [0.717, 1.165) is 19.6 Å². The highest BCUT2D eigenvalue weighted by atomic mass is 16.2. The minimum absolute atomic E-state index is 0.0764. The number of amides is 2. The smallest absolute Gasteiger partial charge is 0.317 e. The Morgan fingerprint density at radius 1 is 1.75 bits per heavy atom. The van der Waals surface area contributed by atoms with Gasteiger partial charge in [0, 0.05) is 19.6 Å². The van der Waals surface area contributed by atoms with Crippen molar-refractivity contribution in [2.45, 2.75) is 6.92 Å². The van der Waals surface area contributed by atoms with E-state index in [1.807, 2.05) is 6.92 Å². The fourth-order valence-electron chi connectivity index (χ4n) is 0.516. The van der Waals surface area contributed by atoms with Crippen molar-refractivity contribution in [2.75, 3.05) is 19.6 Å². The van der Waals surface area contributed by atoms with Gasteiger partial charge in [0.05, 0.1) is 0 Å². The van der Waals surface area contributed by atoms with Crippen molar-refractivity contribution in [2.24, 2.45) is 0 Å². The van der Waals surface area contributed by atoms with Crippen LogP contribution in [0.15, 0.2) is 0 Å². The summed E-state index contributed by atoms with van der Waals surface area (Å²) in [5.41, 5.74) is 0. The summed E-state index contributed by atoms with van der Waals surface area (Å²) in [6.45, 7) is 4.52. The predicted octanol–water partition coefficient (Wildman–Crippen LogP) is 0.0315. The molecule has 1 fully saturated rings. The molecule has 1 aliphatic rings. The molecule has 0 bridgehead atoms. The average Bonchev–Trinajstić information content (AvgIpc) is 2.45. The van der Waals surface area contributed by atoms with E-state index < -0.39 is 0 Å². The van der Waals surface area contributed by atoms with Crippen molar-refractivity contribution >= 4 is 6.03 Å². The number of hydrogen-bond acceptors (Lipinski definition) is 1. The van der Waals surface area contributed by atoms with Gasteiger partial charge in [-0.3, -0.25) is 0 Å². The second kappa shape index (κ2) is 2.03. The van der Waals surface area contributed by atoms with Crippen LogP contribution < -0.4 is 5.32 Å². The molecule has 1 aliphatic heterocycles. The molecule has 1 saturated heterocycles. The quantitative estimate of drug-likeness (QED) is 0.479. The number of hydrogen-bond donors (Lipinski definition) is 1. The van der Waals surface area contributed by atoms with Crippen LogP contribution in [0, 0.1) is 0 Å². The topological polar surface area (TPSA) is 32.1 Å². The fourth-order valence-corrected chi connectivity index (χ4v) is 0.516.